The molecule has 0 spiro atoms. The molecule has 7 nitrogen and oxygen atoms in total. The fourth-order valence-electron chi connectivity index (χ4n) is 1.81. The van der Waals surface area contributed by atoms with Crippen molar-refractivity contribution in [3.63, 3.8) is 0 Å². The Balaban J connectivity index is 3.35. The number of hydrogen-bond acceptors (Lipinski definition) is 5. The molecule has 0 radical (unpaired) electrons. The summed E-state index contributed by atoms with van der Waals surface area (Å²) in [5.41, 5.74) is 0. The highest BCUT2D eigenvalue weighted by Gasteiger charge is 2.29. The average Bonchev–Trinajstić information content (AvgIpc) is 2.45. The normalized spacial score (nSPS) is 11.4. The fraction of sp³-hybridized carbons (Fsp3) is 0.462. The topological polar surface area (TPSA) is 93.1 Å². The summed E-state index contributed by atoms with van der Waals surface area (Å²) in [4.78, 5) is 10.8. The van der Waals surface area contributed by atoms with Crippen molar-refractivity contribution in [3.8, 4) is 11.5 Å². The van der Waals surface area contributed by atoms with Crippen LogP contribution in [0.4, 0.5) is 0 Å². The number of ether oxygens (including phenoxy) is 2. The number of carboxylic acids is 1. The Morgan fingerprint density at radius 2 is 1.95 bits per heavy atom. The van der Waals surface area contributed by atoms with Gasteiger partial charge in [0.15, 0.2) is 0 Å². The molecule has 21 heavy (non-hydrogen) atoms. The summed E-state index contributed by atoms with van der Waals surface area (Å²) in [5, 5.41) is 8.89. The van der Waals surface area contributed by atoms with Crippen molar-refractivity contribution in [2.75, 3.05) is 27.3 Å². The van der Waals surface area contributed by atoms with Crippen LogP contribution < -0.4 is 9.47 Å². The van der Waals surface area contributed by atoms with Crippen LogP contribution in [0.3, 0.4) is 0 Å². The van der Waals surface area contributed by atoms with E-state index in [0.29, 0.717) is 12.2 Å². The van der Waals surface area contributed by atoms with Gasteiger partial charge in [0.2, 0.25) is 10.0 Å². The van der Waals surface area contributed by atoms with Gasteiger partial charge in [-0.2, -0.15) is 4.31 Å². The van der Waals surface area contributed by atoms with E-state index < -0.39 is 22.5 Å². The van der Waals surface area contributed by atoms with Gasteiger partial charge in [-0.15, -0.1) is 0 Å². The van der Waals surface area contributed by atoms with E-state index in [9.17, 15) is 13.2 Å². The van der Waals surface area contributed by atoms with E-state index in [4.69, 9.17) is 14.6 Å². The van der Waals surface area contributed by atoms with Crippen LogP contribution in [0.5, 0.6) is 11.5 Å². The van der Waals surface area contributed by atoms with Crippen molar-refractivity contribution in [2.24, 2.45) is 0 Å². The minimum absolute atomic E-state index is 0.106. The lowest BCUT2D eigenvalue weighted by Gasteiger charge is -2.21. The van der Waals surface area contributed by atoms with Crippen LogP contribution in [0.25, 0.3) is 0 Å². The van der Waals surface area contributed by atoms with Gasteiger partial charge < -0.3 is 14.6 Å². The van der Waals surface area contributed by atoms with Crippen molar-refractivity contribution in [2.45, 2.75) is 18.2 Å². The van der Waals surface area contributed by atoms with Crippen LogP contribution in [0.2, 0.25) is 0 Å². The lowest BCUT2D eigenvalue weighted by molar-refractivity contribution is -0.137. The average molecular weight is 317 g/mol. The van der Waals surface area contributed by atoms with Crippen LogP contribution in [0, 0.1) is 0 Å². The Bertz CT molecular complexity index is 599. The molecule has 0 amide bonds. The number of methoxy groups -OCH3 is 2. The van der Waals surface area contributed by atoms with Crippen LogP contribution in [-0.4, -0.2) is 51.1 Å². The first-order chi connectivity index (χ1) is 9.86. The number of carbonyl (C=O) groups is 1. The highest BCUT2D eigenvalue weighted by molar-refractivity contribution is 7.89. The molecule has 0 aliphatic heterocycles. The summed E-state index contributed by atoms with van der Waals surface area (Å²) in [7, 11) is -1.22. The van der Waals surface area contributed by atoms with Crippen molar-refractivity contribution in [1.29, 1.82) is 0 Å². The maximum absolute atomic E-state index is 12.6. The van der Waals surface area contributed by atoms with E-state index in [1.165, 1.54) is 26.4 Å². The molecule has 1 aromatic rings. The molecular formula is C13H19NO6S. The molecule has 0 saturated carbocycles. The van der Waals surface area contributed by atoms with Gasteiger partial charge in [-0.25, -0.2) is 8.42 Å². The number of sulfonamides is 1. The summed E-state index contributed by atoms with van der Waals surface area (Å²) in [6.07, 6.45) is 0.499. The third-order valence-electron chi connectivity index (χ3n) is 2.77. The number of rotatable bonds is 8. The monoisotopic (exact) mass is 317 g/mol. The Kier molecular flexibility index (Phi) is 5.98. The number of benzene rings is 1. The number of carboxylic acid groups (broad SMARTS) is 1. The predicted octanol–water partition coefficient (Wildman–Crippen LogP) is 1.19. The molecule has 1 N–H and O–H groups in total. The lowest BCUT2D eigenvalue weighted by atomic mass is 10.3. The quantitative estimate of drug-likeness (QED) is 0.774. The zero-order chi connectivity index (χ0) is 16.0. The largest absolute Gasteiger partial charge is 0.497 e. The summed E-state index contributed by atoms with van der Waals surface area (Å²) in [6, 6.07) is 4.36. The summed E-state index contributed by atoms with van der Waals surface area (Å²) < 4.78 is 36.2. The maximum Gasteiger partial charge on any atom is 0.318 e. The van der Waals surface area contributed by atoms with Gasteiger partial charge in [0.25, 0.3) is 0 Å². The first-order valence-corrected chi connectivity index (χ1v) is 7.74. The minimum atomic E-state index is -3.99. The third-order valence-corrected chi connectivity index (χ3v) is 4.64. The molecule has 1 aromatic carbocycles. The van der Waals surface area contributed by atoms with Crippen LogP contribution in [-0.2, 0) is 14.8 Å². The van der Waals surface area contributed by atoms with Gasteiger partial charge in [0.05, 0.1) is 14.2 Å². The molecule has 8 heteroatoms. The molecule has 0 unspecified atom stereocenters. The van der Waals surface area contributed by atoms with E-state index in [1.54, 1.807) is 13.0 Å². The van der Waals surface area contributed by atoms with E-state index in [0.717, 1.165) is 4.31 Å². The summed E-state index contributed by atoms with van der Waals surface area (Å²) >= 11 is 0. The SMILES string of the molecule is CCCN(CC(=O)O)S(=O)(=O)c1cc(OC)ccc1OC. The second kappa shape index (κ2) is 7.28. The first-order valence-electron chi connectivity index (χ1n) is 6.30. The van der Waals surface area contributed by atoms with Crippen molar-refractivity contribution < 1.29 is 27.8 Å². The molecule has 0 aliphatic rings. The summed E-state index contributed by atoms with van der Waals surface area (Å²) in [6.45, 7) is 1.28. The van der Waals surface area contributed by atoms with Gasteiger partial charge in [0.1, 0.15) is 22.9 Å². The smallest absolute Gasteiger partial charge is 0.318 e. The molecule has 0 heterocycles. The Morgan fingerprint density at radius 1 is 1.29 bits per heavy atom. The molecule has 118 valence electrons. The molecule has 0 saturated heterocycles. The molecule has 1 rings (SSSR count). The number of nitrogens with zero attached hydrogens (tertiary/aromatic N) is 1. The van der Waals surface area contributed by atoms with E-state index in [1.807, 2.05) is 0 Å². The lowest BCUT2D eigenvalue weighted by Crippen LogP contribution is -2.36. The molecule has 0 aliphatic carbocycles. The van der Waals surface area contributed by atoms with Crippen molar-refractivity contribution in [3.05, 3.63) is 18.2 Å². The van der Waals surface area contributed by atoms with Crippen molar-refractivity contribution >= 4 is 16.0 Å². The molecular weight excluding hydrogens is 298 g/mol. The van der Waals surface area contributed by atoms with Crippen LogP contribution in [0.1, 0.15) is 13.3 Å². The maximum atomic E-state index is 12.6. The van der Waals surface area contributed by atoms with E-state index in [-0.39, 0.29) is 17.2 Å². The fourth-order valence-corrected chi connectivity index (χ4v) is 3.46. The van der Waals surface area contributed by atoms with Gasteiger partial charge in [-0.05, 0) is 18.6 Å². The Hall–Kier alpha value is -1.80. The highest BCUT2D eigenvalue weighted by atomic mass is 32.2. The molecule has 0 aromatic heterocycles. The standard InChI is InChI=1S/C13H19NO6S/c1-4-7-14(9-13(15)16)21(17,18)12-8-10(19-2)5-6-11(12)20-3/h5-6,8H,4,7,9H2,1-3H3,(H,15,16). The van der Waals surface area contributed by atoms with Gasteiger partial charge >= 0.3 is 5.97 Å². The zero-order valence-corrected chi connectivity index (χ0v) is 13.0. The number of hydrogen-bond donors (Lipinski definition) is 1. The van der Waals surface area contributed by atoms with Gasteiger partial charge in [-0.3, -0.25) is 4.79 Å². The Labute approximate surface area is 124 Å². The van der Waals surface area contributed by atoms with Gasteiger partial charge in [-0.1, -0.05) is 6.92 Å². The Morgan fingerprint density at radius 3 is 2.43 bits per heavy atom. The van der Waals surface area contributed by atoms with Crippen LogP contribution >= 0.6 is 0 Å². The minimum Gasteiger partial charge on any atom is -0.497 e. The predicted molar refractivity (Wildman–Crippen MR) is 76.2 cm³/mol. The van der Waals surface area contributed by atoms with Gasteiger partial charge in [0, 0.05) is 12.6 Å². The highest BCUT2D eigenvalue weighted by Crippen LogP contribution is 2.30. The summed E-state index contributed by atoms with van der Waals surface area (Å²) in [5.74, 6) is -0.725. The van der Waals surface area contributed by atoms with E-state index in [2.05, 4.69) is 0 Å². The number of aliphatic carboxylic acids is 1. The molecule has 0 bridgehead atoms. The molecule has 0 atom stereocenters. The second-order valence-electron chi connectivity index (χ2n) is 4.25. The second-order valence-corrected chi connectivity index (χ2v) is 6.16. The van der Waals surface area contributed by atoms with Crippen molar-refractivity contribution in [1.82, 2.24) is 4.31 Å². The third kappa shape index (κ3) is 4.08. The molecule has 0 fully saturated rings. The zero-order valence-electron chi connectivity index (χ0n) is 12.2. The van der Waals surface area contributed by atoms with E-state index >= 15 is 0 Å². The van der Waals surface area contributed by atoms with Crippen LogP contribution in [0.15, 0.2) is 23.1 Å². The first kappa shape index (κ1) is 17.3.